The second-order valence-electron chi connectivity index (χ2n) is 6.01. The molecule has 0 saturated carbocycles. The molecule has 0 aliphatic carbocycles. The highest BCUT2D eigenvalue weighted by atomic mass is 127. The van der Waals surface area contributed by atoms with E-state index < -0.39 is 0 Å². The van der Waals surface area contributed by atoms with Crippen molar-refractivity contribution in [3.05, 3.63) is 35.9 Å². The minimum absolute atomic E-state index is 0. The van der Waals surface area contributed by atoms with Crippen LogP contribution in [-0.4, -0.2) is 30.4 Å². The molecule has 20 heavy (non-hydrogen) atoms. The van der Waals surface area contributed by atoms with Gasteiger partial charge in [0.25, 0.3) is 0 Å². The summed E-state index contributed by atoms with van der Waals surface area (Å²) in [7, 11) is 2.33. The first-order chi connectivity index (χ1) is 9.15. The molecule has 112 valence electrons. The first kappa shape index (κ1) is 17.6. The van der Waals surface area contributed by atoms with Gasteiger partial charge in [-0.25, -0.2) is 0 Å². The van der Waals surface area contributed by atoms with Crippen molar-refractivity contribution in [1.82, 2.24) is 0 Å². The maximum Gasteiger partial charge on any atom is 0.138 e. The molecule has 0 radical (unpaired) electrons. The zero-order chi connectivity index (χ0) is 13.7. The average molecular weight is 387 g/mol. The number of ketones is 1. The number of hydrogen-bond donors (Lipinski definition) is 0. The topological polar surface area (TPSA) is 17.1 Å². The quantitative estimate of drug-likeness (QED) is 0.538. The van der Waals surface area contributed by atoms with Gasteiger partial charge in [-0.15, -0.1) is 0 Å². The predicted octanol–water partition coefficient (Wildman–Crippen LogP) is 0.731. The van der Waals surface area contributed by atoms with Crippen molar-refractivity contribution in [2.45, 2.75) is 45.1 Å². The lowest BCUT2D eigenvalue weighted by Crippen LogP contribution is -3.00. The Kier molecular flexibility index (Phi) is 7.17. The molecule has 1 aliphatic rings. The molecule has 1 saturated heterocycles. The third kappa shape index (κ3) is 4.29. The fourth-order valence-electron chi connectivity index (χ4n) is 3.28. The van der Waals surface area contributed by atoms with Crippen LogP contribution >= 0.6 is 0 Å². The molecule has 1 atom stereocenters. The monoisotopic (exact) mass is 387 g/mol. The molecule has 1 unspecified atom stereocenters. The van der Waals surface area contributed by atoms with Crippen LogP contribution < -0.4 is 24.0 Å². The molecule has 0 spiro atoms. The number of likely N-dealkylation sites (tertiary alicyclic amines) is 1. The van der Waals surface area contributed by atoms with Gasteiger partial charge in [0.15, 0.2) is 0 Å². The lowest BCUT2D eigenvalue weighted by molar-refractivity contribution is -0.943. The van der Waals surface area contributed by atoms with Crippen LogP contribution in [0.25, 0.3) is 0 Å². The second kappa shape index (κ2) is 8.13. The van der Waals surface area contributed by atoms with Gasteiger partial charge >= 0.3 is 0 Å². The molecule has 2 nitrogen and oxygen atoms in total. The first-order valence-electron chi connectivity index (χ1n) is 7.56. The van der Waals surface area contributed by atoms with Crippen LogP contribution in [0.15, 0.2) is 30.3 Å². The van der Waals surface area contributed by atoms with Crippen LogP contribution in [0.4, 0.5) is 0 Å². The summed E-state index contributed by atoms with van der Waals surface area (Å²) in [5.41, 5.74) is 1.33. The molecule has 0 amide bonds. The maximum atomic E-state index is 12.0. The number of halogens is 1. The van der Waals surface area contributed by atoms with Crippen molar-refractivity contribution >= 4 is 5.78 Å². The van der Waals surface area contributed by atoms with Gasteiger partial charge in [0.2, 0.25) is 0 Å². The molecule has 1 heterocycles. The molecule has 2 rings (SSSR count). The van der Waals surface area contributed by atoms with Crippen molar-refractivity contribution in [2.75, 3.05) is 20.1 Å². The third-order valence-electron chi connectivity index (χ3n) is 4.59. The van der Waals surface area contributed by atoms with Crippen LogP contribution in [0.2, 0.25) is 0 Å². The number of carbonyl (C=O) groups is 1. The van der Waals surface area contributed by atoms with Gasteiger partial charge in [-0.1, -0.05) is 37.3 Å². The predicted molar refractivity (Wildman–Crippen MR) is 78.9 cm³/mol. The molecule has 3 heteroatoms. The van der Waals surface area contributed by atoms with Gasteiger partial charge in [0.05, 0.1) is 26.6 Å². The van der Waals surface area contributed by atoms with Crippen molar-refractivity contribution in [1.29, 1.82) is 0 Å². The van der Waals surface area contributed by atoms with E-state index >= 15 is 0 Å². The second-order valence-corrected chi connectivity index (χ2v) is 6.01. The summed E-state index contributed by atoms with van der Waals surface area (Å²) in [5.74, 6) is 0.388. The van der Waals surface area contributed by atoms with Crippen molar-refractivity contribution in [3.63, 3.8) is 0 Å². The zero-order valence-corrected chi connectivity index (χ0v) is 14.8. The fraction of sp³-hybridized carbons (Fsp3) is 0.588. The zero-order valence-electron chi connectivity index (χ0n) is 12.6. The van der Waals surface area contributed by atoms with Gasteiger partial charge in [0.1, 0.15) is 11.8 Å². The van der Waals surface area contributed by atoms with E-state index in [1.54, 1.807) is 0 Å². The summed E-state index contributed by atoms with van der Waals surface area (Å²) in [6.07, 6.45) is 5.28. The Hall–Kier alpha value is -0.420. The normalized spacial score (nSPS) is 18.9. The van der Waals surface area contributed by atoms with Crippen molar-refractivity contribution < 1.29 is 33.3 Å². The minimum Gasteiger partial charge on any atom is -1.00 e. The van der Waals surface area contributed by atoms with Crippen LogP contribution in [-0.2, 0) is 4.79 Å². The Morgan fingerprint density at radius 1 is 1.15 bits per heavy atom. The number of carbonyl (C=O) groups excluding carboxylic acids is 1. The number of benzene rings is 1. The Morgan fingerprint density at radius 3 is 2.30 bits per heavy atom. The van der Waals surface area contributed by atoms with E-state index in [0.29, 0.717) is 24.7 Å². The van der Waals surface area contributed by atoms with Crippen LogP contribution in [0.5, 0.6) is 0 Å². The lowest BCUT2D eigenvalue weighted by atomic mass is 9.94. The molecule has 1 aliphatic heterocycles. The van der Waals surface area contributed by atoms with E-state index in [1.165, 1.54) is 37.9 Å². The highest BCUT2D eigenvalue weighted by Crippen LogP contribution is 2.34. The van der Waals surface area contributed by atoms with E-state index in [9.17, 15) is 4.79 Å². The van der Waals surface area contributed by atoms with E-state index in [4.69, 9.17) is 0 Å². The standard InChI is InChI=1S/C17H26NO.HI/c1-3-16(19)14-17(15-10-6-4-7-11-15)18(2)12-8-5-9-13-18;/h4,6-7,10-11,17H,3,5,8-9,12-14H2,1-2H3;1H/q+1;/p-1. The van der Waals surface area contributed by atoms with E-state index in [0.717, 1.165) is 4.48 Å². The number of hydrogen-bond acceptors (Lipinski definition) is 1. The molecule has 1 aromatic carbocycles. The van der Waals surface area contributed by atoms with Gasteiger partial charge in [0, 0.05) is 12.0 Å². The van der Waals surface area contributed by atoms with Gasteiger partial charge in [-0.3, -0.25) is 4.79 Å². The summed E-state index contributed by atoms with van der Waals surface area (Å²) in [5, 5.41) is 0. The number of Topliss-reactive ketones (excluding diaryl/α,β-unsaturated/α-hetero) is 1. The summed E-state index contributed by atoms with van der Waals surface area (Å²) < 4.78 is 1.04. The van der Waals surface area contributed by atoms with Crippen molar-refractivity contribution in [2.24, 2.45) is 0 Å². The van der Waals surface area contributed by atoms with E-state index in [2.05, 4.69) is 37.4 Å². The molecular weight excluding hydrogens is 361 g/mol. The molecule has 0 bridgehead atoms. The van der Waals surface area contributed by atoms with Crippen LogP contribution in [0.3, 0.4) is 0 Å². The number of piperidine rings is 1. The lowest BCUT2D eigenvalue weighted by Gasteiger charge is -2.44. The SMILES string of the molecule is CCC(=O)CC(c1ccccc1)[N+]1(C)CCCCC1.[I-]. The Bertz CT molecular complexity index is 412. The fourth-order valence-corrected chi connectivity index (χ4v) is 3.28. The molecule has 0 aromatic heterocycles. The smallest absolute Gasteiger partial charge is 0.138 e. The van der Waals surface area contributed by atoms with Gasteiger partial charge < -0.3 is 28.5 Å². The van der Waals surface area contributed by atoms with Crippen LogP contribution in [0.1, 0.15) is 50.6 Å². The third-order valence-corrected chi connectivity index (χ3v) is 4.59. The number of nitrogens with zero attached hydrogens (tertiary/aromatic N) is 1. The minimum atomic E-state index is 0. The average Bonchev–Trinajstić information content (AvgIpc) is 2.46. The molecule has 0 N–H and O–H groups in total. The number of quaternary nitrogens is 1. The van der Waals surface area contributed by atoms with Gasteiger partial charge in [-0.2, -0.15) is 0 Å². The van der Waals surface area contributed by atoms with Crippen LogP contribution in [0, 0.1) is 0 Å². The van der Waals surface area contributed by atoms with Gasteiger partial charge in [-0.05, 0) is 19.3 Å². The molecule has 1 fully saturated rings. The summed E-state index contributed by atoms with van der Waals surface area (Å²) in [6, 6.07) is 11.0. The van der Waals surface area contributed by atoms with Crippen molar-refractivity contribution in [3.8, 4) is 0 Å². The Labute approximate surface area is 140 Å². The maximum absolute atomic E-state index is 12.0. The first-order valence-corrected chi connectivity index (χ1v) is 7.56. The van der Waals surface area contributed by atoms with E-state index in [1.807, 2.05) is 6.92 Å². The Balaban J connectivity index is 0.00000200. The summed E-state index contributed by atoms with van der Waals surface area (Å²) >= 11 is 0. The van der Waals surface area contributed by atoms with E-state index in [-0.39, 0.29) is 24.0 Å². The number of rotatable bonds is 5. The highest BCUT2D eigenvalue weighted by Gasteiger charge is 2.36. The summed E-state index contributed by atoms with van der Waals surface area (Å²) in [4.78, 5) is 12.0. The largest absolute Gasteiger partial charge is 1.00 e. The molecule has 1 aromatic rings. The highest BCUT2D eigenvalue weighted by molar-refractivity contribution is 5.78. The summed E-state index contributed by atoms with van der Waals surface area (Å²) in [6.45, 7) is 4.38. The Morgan fingerprint density at radius 2 is 1.75 bits per heavy atom. The molecular formula is C17H26INO.